The number of aromatic nitrogens is 2. The fourth-order valence-corrected chi connectivity index (χ4v) is 2.75. The zero-order valence-corrected chi connectivity index (χ0v) is 14.2. The number of hydrogen-bond donors (Lipinski definition) is 1. The maximum atomic E-state index is 12.9. The molecule has 1 heterocycles. The van der Waals surface area contributed by atoms with E-state index in [0.29, 0.717) is 17.9 Å². The van der Waals surface area contributed by atoms with Gasteiger partial charge in [-0.2, -0.15) is 5.10 Å². The fraction of sp³-hybridized carbons (Fsp3) is 0.0588. The lowest BCUT2D eigenvalue weighted by molar-refractivity contribution is 0.102. The predicted molar refractivity (Wildman–Crippen MR) is 94.8 cm³/mol. The standard InChI is InChI=1S/C17H13FIN3O/c18-13-7-5-12(6-8-13)11-22-10-9-16(21-22)20-17(23)14-3-1-2-4-15(14)19/h1-10H,11H2,(H,20,21,23). The molecule has 6 heteroatoms. The molecule has 0 bridgehead atoms. The minimum Gasteiger partial charge on any atom is -0.305 e. The van der Waals surface area contributed by atoms with Crippen LogP contribution in [0, 0.1) is 9.39 Å². The van der Waals surface area contributed by atoms with E-state index in [4.69, 9.17) is 0 Å². The van der Waals surface area contributed by atoms with Crippen LogP contribution in [-0.4, -0.2) is 15.7 Å². The van der Waals surface area contributed by atoms with Gasteiger partial charge >= 0.3 is 0 Å². The number of rotatable bonds is 4. The van der Waals surface area contributed by atoms with Crippen LogP contribution in [0.15, 0.2) is 60.8 Å². The Morgan fingerprint density at radius 1 is 1.13 bits per heavy atom. The highest BCUT2D eigenvalue weighted by molar-refractivity contribution is 14.1. The maximum absolute atomic E-state index is 12.9. The number of benzene rings is 2. The van der Waals surface area contributed by atoms with Crippen molar-refractivity contribution in [1.82, 2.24) is 9.78 Å². The minimum atomic E-state index is -0.264. The Morgan fingerprint density at radius 2 is 1.87 bits per heavy atom. The summed E-state index contributed by atoms with van der Waals surface area (Å²) in [7, 11) is 0. The molecule has 4 nitrogen and oxygen atoms in total. The number of amides is 1. The van der Waals surface area contributed by atoms with Gasteiger partial charge in [-0.3, -0.25) is 9.48 Å². The third-order valence-electron chi connectivity index (χ3n) is 3.26. The topological polar surface area (TPSA) is 46.9 Å². The fourth-order valence-electron chi connectivity index (χ4n) is 2.12. The third kappa shape index (κ3) is 3.95. The largest absolute Gasteiger partial charge is 0.305 e. The van der Waals surface area contributed by atoms with Crippen LogP contribution in [-0.2, 0) is 6.54 Å². The lowest BCUT2D eigenvalue weighted by atomic mass is 10.2. The summed E-state index contributed by atoms with van der Waals surface area (Å²) >= 11 is 2.12. The van der Waals surface area contributed by atoms with Crippen LogP contribution in [0.5, 0.6) is 0 Å². The molecule has 0 spiro atoms. The number of carbonyl (C=O) groups excluding carboxylic acids is 1. The zero-order valence-electron chi connectivity index (χ0n) is 12.0. The second-order valence-corrected chi connectivity index (χ2v) is 6.12. The summed E-state index contributed by atoms with van der Waals surface area (Å²) in [6.45, 7) is 0.513. The van der Waals surface area contributed by atoms with Gasteiger partial charge in [-0.05, 0) is 52.4 Å². The number of halogens is 2. The van der Waals surface area contributed by atoms with Gasteiger partial charge in [0.2, 0.25) is 0 Å². The van der Waals surface area contributed by atoms with Crippen LogP contribution < -0.4 is 5.32 Å². The van der Waals surface area contributed by atoms with Crippen molar-refractivity contribution in [2.24, 2.45) is 0 Å². The molecule has 23 heavy (non-hydrogen) atoms. The molecule has 0 atom stereocenters. The molecular formula is C17H13FIN3O. The van der Waals surface area contributed by atoms with Crippen LogP contribution >= 0.6 is 22.6 Å². The van der Waals surface area contributed by atoms with E-state index < -0.39 is 0 Å². The molecule has 0 saturated carbocycles. The third-order valence-corrected chi connectivity index (χ3v) is 4.20. The Bertz CT molecular complexity index is 830. The Kier molecular flexibility index (Phi) is 4.71. The van der Waals surface area contributed by atoms with Crippen molar-refractivity contribution in [3.05, 3.63) is 81.3 Å². The summed E-state index contributed by atoms with van der Waals surface area (Å²) in [6.07, 6.45) is 1.77. The number of anilines is 1. The molecule has 0 unspecified atom stereocenters. The molecule has 0 aliphatic heterocycles. The monoisotopic (exact) mass is 421 g/mol. The number of carbonyl (C=O) groups is 1. The van der Waals surface area contributed by atoms with Crippen molar-refractivity contribution in [3.8, 4) is 0 Å². The van der Waals surface area contributed by atoms with Crippen LogP contribution in [0.2, 0.25) is 0 Å². The van der Waals surface area contributed by atoms with Gasteiger partial charge < -0.3 is 5.32 Å². The average molecular weight is 421 g/mol. The van der Waals surface area contributed by atoms with E-state index in [0.717, 1.165) is 9.13 Å². The summed E-state index contributed by atoms with van der Waals surface area (Å²) < 4.78 is 15.5. The Balaban J connectivity index is 1.69. The molecular weight excluding hydrogens is 408 g/mol. The maximum Gasteiger partial charge on any atom is 0.257 e. The average Bonchev–Trinajstić information content (AvgIpc) is 2.97. The van der Waals surface area contributed by atoms with E-state index in [1.807, 2.05) is 18.2 Å². The van der Waals surface area contributed by atoms with Gasteiger partial charge in [0.25, 0.3) is 5.91 Å². The first-order valence-corrected chi connectivity index (χ1v) is 8.03. The smallest absolute Gasteiger partial charge is 0.257 e. The summed E-state index contributed by atoms with van der Waals surface area (Å²) in [4.78, 5) is 12.2. The number of nitrogens with one attached hydrogen (secondary N) is 1. The Labute approximate surface area is 146 Å². The van der Waals surface area contributed by atoms with Crippen LogP contribution in [0.1, 0.15) is 15.9 Å². The highest BCUT2D eigenvalue weighted by atomic mass is 127. The van der Waals surface area contributed by atoms with Crippen molar-refractivity contribution in [1.29, 1.82) is 0 Å². The lowest BCUT2D eigenvalue weighted by Gasteiger charge is -2.04. The predicted octanol–water partition coefficient (Wildman–Crippen LogP) is 3.93. The summed E-state index contributed by atoms with van der Waals surface area (Å²) in [5, 5.41) is 7.09. The van der Waals surface area contributed by atoms with E-state index >= 15 is 0 Å². The normalized spacial score (nSPS) is 10.5. The molecule has 0 aliphatic carbocycles. The van der Waals surface area contributed by atoms with Crippen molar-refractivity contribution in [2.75, 3.05) is 5.32 Å². The molecule has 1 N–H and O–H groups in total. The van der Waals surface area contributed by atoms with Crippen LogP contribution in [0.3, 0.4) is 0 Å². The lowest BCUT2D eigenvalue weighted by Crippen LogP contribution is -2.14. The van der Waals surface area contributed by atoms with Gasteiger partial charge in [0.15, 0.2) is 5.82 Å². The summed E-state index contributed by atoms with van der Waals surface area (Å²) in [5.41, 5.74) is 1.55. The number of hydrogen-bond acceptors (Lipinski definition) is 2. The van der Waals surface area contributed by atoms with E-state index in [9.17, 15) is 9.18 Å². The second-order valence-electron chi connectivity index (χ2n) is 4.96. The minimum absolute atomic E-state index is 0.193. The molecule has 3 aromatic rings. The van der Waals surface area contributed by atoms with Crippen molar-refractivity contribution < 1.29 is 9.18 Å². The van der Waals surface area contributed by atoms with Gasteiger partial charge in [-0.25, -0.2) is 4.39 Å². The van der Waals surface area contributed by atoms with Crippen LogP contribution in [0.4, 0.5) is 10.2 Å². The van der Waals surface area contributed by atoms with Gasteiger partial charge in [0.1, 0.15) is 5.82 Å². The highest BCUT2D eigenvalue weighted by Crippen LogP contribution is 2.14. The van der Waals surface area contributed by atoms with Gasteiger partial charge in [0.05, 0.1) is 12.1 Å². The summed E-state index contributed by atoms with van der Waals surface area (Å²) in [6, 6.07) is 15.3. The first-order valence-electron chi connectivity index (χ1n) is 6.95. The van der Waals surface area contributed by atoms with E-state index in [1.54, 1.807) is 35.1 Å². The number of nitrogens with zero attached hydrogens (tertiary/aromatic N) is 2. The van der Waals surface area contributed by atoms with Crippen LogP contribution in [0.25, 0.3) is 0 Å². The van der Waals surface area contributed by atoms with Gasteiger partial charge in [0, 0.05) is 15.8 Å². The first-order chi connectivity index (χ1) is 11.1. The Morgan fingerprint density at radius 3 is 2.61 bits per heavy atom. The van der Waals surface area contributed by atoms with E-state index in [2.05, 4.69) is 33.0 Å². The van der Waals surface area contributed by atoms with E-state index in [1.165, 1.54) is 12.1 Å². The van der Waals surface area contributed by atoms with Crippen molar-refractivity contribution in [3.63, 3.8) is 0 Å². The van der Waals surface area contributed by atoms with Crippen molar-refractivity contribution in [2.45, 2.75) is 6.54 Å². The highest BCUT2D eigenvalue weighted by Gasteiger charge is 2.10. The molecule has 1 amide bonds. The molecule has 0 radical (unpaired) electrons. The van der Waals surface area contributed by atoms with Gasteiger partial charge in [-0.15, -0.1) is 0 Å². The molecule has 1 aromatic heterocycles. The molecule has 0 saturated heterocycles. The SMILES string of the molecule is O=C(Nc1ccn(Cc2ccc(F)cc2)n1)c1ccccc1I. The van der Waals surface area contributed by atoms with Crippen molar-refractivity contribution >= 4 is 34.3 Å². The molecule has 2 aromatic carbocycles. The molecule has 3 rings (SSSR count). The molecule has 116 valence electrons. The Hall–Kier alpha value is -2.22. The second kappa shape index (κ2) is 6.91. The quantitative estimate of drug-likeness (QED) is 0.650. The first kappa shape index (κ1) is 15.7. The molecule has 0 fully saturated rings. The molecule has 0 aliphatic rings. The van der Waals surface area contributed by atoms with Gasteiger partial charge in [-0.1, -0.05) is 24.3 Å². The zero-order chi connectivity index (χ0) is 16.2. The summed E-state index contributed by atoms with van der Waals surface area (Å²) in [5.74, 6) is 0.0263. The van der Waals surface area contributed by atoms with E-state index in [-0.39, 0.29) is 11.7 Å².